The summed E-state index contributed by atoms with van der Waals surface area (Å²) in [5.41, 5.74) is 7.57. The minimum atomic E-state index is -0.355. The van der Waals surface area contributed by atoms with Gasteiger partial charge in [-0.25, -0.2) is 4.79 Å². The first-order valence-corrected chi connectivity index (χ1v) is 7.55. The second-order valence-electron chi connectivity index (χ2n) is 4.17. The number of rotatable bonds is 3. The Morgan fingerprint density at radius 3 is 2.19 bits per heavy atom. The molecule has 0 saturated heterocycles. The molecule has 2 aromatic rings. The maximum absolute atomic E-state index is 12.0. The molecule has 0 atom stereocenters. The molecule has 0 radical (unpaired) electrons. The molecule has 0 bridgehead atoms. The maximum Gasteiger partial charge on any atom is 0.323 e. The van der Waals surface area contributed by atoms with Crippen molar-refractivity contribution >= 4 is 55.0 Å². The van der Waals surface area contributed by atoms with Gasteiger partial charge in [0, 0.05) is 20.3 Å². The van der Waals surface area contributed by atoms with Crippen LogP contribution in [0.4, 0.5) is 21.9 Å². The molecule has 4 N–H and O–H groups in total. The van der Waals surface area contributed by atoms with Gasteiger partial charge >= 0.3 is 6.03 Å². The summed E-state index contributed by atoms with van der Waals surface area (Å²) >= 11 is 6.72. The predicted octanol–water partition coefficient (Wildman–Crippen LogP) is 4.45. The number of carbonyl (C=O) groups excluding carboxylic acids is 1. The molecule has 5 nitrogen and oxygen atoms in total. The minimum absolute atomic E-state index is 0.355. The van der Waals surface area contributed by atoms with Gasteiger partial charge in [-0.15, -0.1) is 0 Å². The van der Waals surface area contributed by atoms with Crippen LogP contribution < -0.4 is 21.1 Å². The highest BCUT2D eigenvalue weighted by Crippen LogP contribution is 2.33. The topological polar surface area (TPSA) is 76.4 Å². The van der Waals surface area contributed by atoms with E-state index in [2.05, 4.69) is 42.5 Å². The average Bonchev–Trinajstić information content (AvgIpc) is 2.43. The van der Waals surface area contributed by atoms with E-state index in [1.807, 2.05) is 0 Å². The van der Waals surface area contributed by atoms with Gasteiger partial charge in [-0.05, 0) is 68.3 Å². The first-order valence-electron chi connectivity index (χ1n) is 5.96. The van der Waals surface area contributed by atoms with Crippen molar-refractivity contribution in [3.8, 4) is 5.75 Å². The lowest BCUT2D eigenvalue weighted by Crippen LogP contribution is -2.20. The Kier molecular flexibility index (Phi) is 5.08. The zero-order valence-corrected chi connectivity index (χ0v) is 14.3. The van der Waals surface area contributed by atoms with Crippen molar-refractivity contribution in [2.24, 2.45) is 0 Å². The highest BCUT2D eigenvalue weighted by molar-refractivity contribution is 9.11. The number of hydrogen-bond donors (Lipinski definition) is 3. The van der Waals surface area contributed by atoms with Crippen molar-refractivity contribution in [3.63, 3.8) is 0 Å². The summed E-state index contributed by atoms with van der Waals surface area (Å²) in [5.74, 6) is 0.727. The molecule has 0 aliphatic carbocycles. The molecule has 0 aliphatic rings. The monoisotopic (exact) mass is 413 g/mol. The average molecular weight is 415 g/mol. The number of ether oxygens (including phenoxy) is 1. The highest BCUT2D eigenvalue weighted by atomic mass is 79.9. The van der Waals surface area contributed by atoms with Gasteiger partial charge in [-0.3, -0.25) is 0 Å². The van der Waals surface area contributed by atoms with Crippen LogP contribution in [-0.4, -0.2) is 13.1 Å². The number of nitrogens with two attached hydrogens (primary N) is 1. The van der Waals surface area contributed by atoms with Gasteiger partial charge < -0.3 is 21.1 Å². The molecule has 0 heterocycles. The number of nitrogens with one attached hydrogen (secondary N) is 2. The van der Waals surface area contributed by atoms with E-state index in [1.54, 1.807) is 43.5 Å². The van der Waals surface area contributed by atoms with Gasteiger partial charge in [0.1, 0.15) is 5.75 Å². The number of anilines is 3. The van der Waals surface area contributed by atoms with Crippen LogP contribution in [0.15, 0.2) is 45.3 Å². The number of halogens is 2. The van der Waals surface area contributed by atoms with Crippen LogP contribution in [0.3, 0.4) is 0 Å². The molecule has 0 spiro atoms. The molecular formula is C14H13Br2N3O2. The summed E-state index contributed by atoms with van der Waals surface area (Å²) in [7, 11) is 1.59. The second kappa shape index (κ2) is 6.82. The Labute approximate surface area is 139 Å². The summed E-state index contributed by atoms with van der Waals surface area (Å²) in [6.45, 7) is 0. The van der Waals surface area contributed by atoms with Crippen LogP contribution in [0.1, 0.15) is 0 Å². The largest absolute Gasteiger partial charge is 0.497 e. The van der Waals surface area contributed by atoms with Gasteiger partial charge in [0.15, 0.2) is 0 Å². The molecular weight excluding hydrogens is 402 g/mol. The van der Waals surface area contributed by atoms with Crippen molar-refractivity contribution < 1.29 is 9.53 Å². The molecule has 7 heteroatoms. The van der Waals surface area contributed by atoms with E-state index in [4.69, 9.17) is 10.5 Å². The SMILES string of the molecule is COc1ccc(NC(=O)Nc2c(Br)cc(N)cc2Br)cc1. The van der Waals surface area contributed by atoms with Gasteiger partial charge in [0.05, 0.1) is 12.8 Å². The Balaban J connectivity index is 2.08. The van der Waals surface area contributed by atoms with Crippen LogP contribution in [0.5, 0.6) is 5.75 Å². The summed E-state index contributed by atoms with van der Waals surface area (Å²) in [4.78, 5) is 12.0. The predicted molar refractivity (Wildman–Crippen MR) is 91.9 cm³/mol. The lowest BCUT2D eigenvalue weighted by atomic mass is 10.3. The van der Waals surface area contributed by atoms with Gasteiger partial charge in [0.25, 0.3) is 0 Å². The Bertz CT molecular complexity index is 637. The van der Waals surface area contributed by atoms with Gasteiger partial charge in [0.2, 0.25) is 0 Å². The van der Waals surface area contributed by atoms with Crippen molar-refractivity contribution in [2.45, 2.75) is 0 Å². The summed E-state index contributed by atoms with van der Waals surface area (Å²) in [5, 5.41) is 5.48. The van der Waals surface area contributed by atoms with Gasteiger partial charge in [-0.1, -0.05) is 0 Å². The molecule has 2 rings (SSSR count). The third-order valence-corrected chi connectivity index (χ3v) is 3.90. The number of nitrogen functional groups attached to an aromatic ring is 1. The normalized spacial score (nSPS) is 10.0. The minimum Gasteiger partial charge on any atom is -0.497 e. The molecule has 110 valence electrons. The van der Waals surface area contributed by atoms with Crippen molar-refractivity contribution in [2.75, 3.05) is 23.5 Å². The van der Waals surface area contributed by atoms with Crippen LogP contribution in [-0.2, 0) is 0 Å². The lowest BCUT2D eigenvalue weighted by Gasteiger charge is -2.12. The molecule has 0 unspecified atom stereocenters. The number of methoxy groups -OCH3 is 1. The van der Waals surface area contributed by atoms with E-state index in [0.29, 0.717) is 26.0 Å². The molecule has 0 saturated carbocycles. The zero-order valence-electron chi connectivity index (χ0n) is 11.1. The van der Waals surface area contributed by atoms with Crippen LogP contribution in [0, 0.1) is 0 Å². The highest BCUT2D eigenvalue weighted by Gasteiger charge is 2.10. The summed E-state index contributed by atoms with van der Waals surface area (Å²) in [6, 6.07) is 10.1. The van der Waals surface area contributed by atoms with Crippen molar-refractivity contribution in [1.82, 2.24) is 0 Å². The van der Waals surface area contributed by atoms with E-state index >= 15 is 0 Å². The number of hydrogen-bond acceptors (Lipinski definition) is 3. The maximum atomic E-state index is 12.0. The van der Waals surface area contributed by atoms with Crippen LogP contribution >= 0.6 is 31.9 Å². The number of carbonyl (C=O) groups is 1. The Morgan fingerprint density at radius 1 is 1.10 bits per heavy atom. The third-order valence-electron chi connectivity index (χ3n) is 2.65. The first kappa shape index (κ1) is 15.7. The number of benzene rings is 2. The second-order valence-corrected chi connectivity index (χ2v) is 5.88. The van der Waals surface area contributed by atoms with Gasteiger partial charge in [-0.2, -0.15) is 0 Å². The molecule has 0 aromatic heterocycles. The summed E-state index contributed by atoms with van der Waals surface area (Å²) in [6.07, 6.45) is 0. The summed E-state index contributed by atoms with van der Waals surface area (Å²) < 4.78 is 6.45. The smallest absolute Gasteiger partial charge is 0.323 e. The zero-order chi connectivity index (χ0) is 15.4. The fourth-order valence-corrected chi connectivity index (χ4v) is 3.08. The van der Waals surface area contributed by atoms with E-state index in [1.165, 1.54) is 0 Å². The molecule has 0 fully saturated rings. The molecule has 2 aromatic carbocycles. The number of amides is 2. The van der Waals surface area contributed by atoms with E-state index in [0.717, 1.165) is 5.75 Å². The van der Waals surface area contributed by atoms with Crippen molar-refractivity contribution in [1.29, 1.82) is 0 Å². The molecule has 0 aliphatic heterocycles. The fraction of sp³-hybridized carbons (Fsp3) is 0.0714. The third kappa shape index (κ3) is 4.12. The number of urea groups is 1. The Morgan fingerprint density at radius 2 is 1.67 bits per heavy atom. The Hall–Kier alpha value is -1.73. The quantitative estimate of drug-likeness (QED) is 0.649. The van der Waals surface area contributed by atoms with E-state index < -0.39 is 0 Å². The van der Waals surface area contributed by atoms with Crippen LogP contribution in [0.25, 0.3) is 0 Å². The fourth-order valence-electron chi connectivity index (χ4n) is 1.66. The molecule has 2 amide bonds. The van der Waals surface area contributed by atoms with Crippen LogP contribution in [0.2, 0.25) is 0 Å². The first-order chi connectivity index (χ1) is 9.99. The standard InChI is InChI=1S/C14H13Br2N3O2/c1-21-10-4-2-9(3-5-10)18-14(20)19-13-11(15)6-8(17)7-12(13)16/h2-7H,17H2,1H3,(H2,18,19,20). The van der Waals surface area contributed by atoms with E-state index in [9.17, 15) is 4.79 Å². The van der Waals surface area contributed by atoms with Crippen molar-refractivity contribution in [3.05, 3.63) is 45.3 Å². The van der Waals surface area contributed by atoms with E-state index in [-0.39, 0.29) is 6.03 Å². The molecule has 21 heavy (non-hydrogen) atoms. The lowest BCUT2D eigenvalue weighted by molar-refractivity contribution is 0.262.